The molecule has 1 fully saturated rings. The quantitative estimate of drug-likeness (QED) is 0.902. The lowest BCUT2D eigenvalue weighted by molar-refractivity contribution is 0.492. The maximum atomic E-state index is 5.85. The molecule has 2 heterocycles. The summed E-state index contributed by atoms with van der Waals surface area (Å²) in [7, 11) is 0. The standard InChI is InChI=1S/C14H21N3O/c1-9(2)7-17-11-8-18-13(15)12(11)16-14(17)10-5-3-4-6-10/h8-10H,3-7,15H2,1-2H3. The molecular formula is C14H21N3O. The lowest BCUT2D eigenvalue weighted by Crippen LogP contribution is -2.10. The summed E-state index contributed by atoms with van der Waals surface area (Å²) >= 11 is 0. The summed E-state index contributed by atoms with van der Waals surface area (Å²) in [6.07, 6.45) is 6.91. The molecule has 4 heteroatoms. The molecule has 0 atom stereocenters. The van der Waals surface area contributed by atoms with Crippen molar-refractivity contribution in [1.29, 1.82) is 0 Å². The number of imidazole rings is 1. The number of furan rings is 1. The number of nitrogens with zero attached hydrogens (tertiary/aromatic N) is 2. The second-order valence-corrected chi connectivity index (χ2v) is 5.79. The van der Waals surface area contributed by atoms with E-state index in [9.17, 15) is 0 Å². The minimum atomic E-state index is 0.451. The molecule has 0 spiro atoms. The van der Waals surface area contributed by atoms with E-state index < -0.39 is 0 Å². The SMILES string of the molecule is CC(C)Cn1c(C2CCCC2)nc2c(N)occ21. The molecule has 2 N–H and O–H groups in total. The molecule has 98 valence electrons. The topological polar surface area (TPSA) is 57.0 Å². The smallest absolute Gasteiger partial charge is 0.218 e. The third-order valence-corrected chi connectivity index (χ3v) is 3.84. The van der Waals surface area contributed by atoms with Gasteiger partial charge in [-0.2, -0.15) is 0 Å². The third-order valence-electron chi connectivity index (χ3n) is 3.84. The molecule has 4 nitrogen and oxygen atoms in total. The van der Waals surface area contributed by atoms with Gasteiger partial charge in [-0.15, -0.1) is 0 Å². The molecule has 1 aliphatic carbocycles. The molecule has 0 aromatic carbocycles. The molecule has 0 aliphatic heterocycles. The summed E-state index contributed by atoms with van der Waals surface area (Å²) in [6, 6.07) is 0. The Morgan fingerprint density at radius 1 is 1.44 bits per heavy atom. The van der Waals surface area contributed by atoms with Crippen molar-refractivity contribution >= 4 is 16.9 Å². The Labute approximate surface area is 107 Å². The number of anilines is 1. The summed E-state index contributed by atoms with van der Waals surface area (Å²) in [4.78, 5) is 4.75. The predicted molar refractivity (Wildman–Crippen MR) is 72.5 cm³/mol. The van der Waals surface area contributed by atoms with Crippen molar-refractivity contribution in [2.24, 2.45) is 5.92 Å². The second-order valence-electron chi connectivity index (χ2n) is 5.79. The van der Waals surface area contributed by atoms with E-state index in [1.165, 1.54) is 31.5 Å². The van der Waals surface area contributed by atoms with E-state index in [-0.39, 0.29) is 0 Å². The lowest BCUT2D eigenvalue weighted by Gasteiger charge is -2.14. The number of fused-ring (bicyclic) bond motifs is 1. The Hall–Kier alpha value is -1.45. The maximum Gasteiger partial charge on any atom is 0.218 e. The minimum Gasteiger partial charge on any atom is -0.445 e. The van der Waals surface area contributed by atoms with Crippen LogP contribution >= 0.6 is 0 Å². The monoisotopic (exact) mass is 247 g/mol. The molecule has 0 saturated heterocycles. The third kappa shape index (κ3) is 1.80. The summed E-state index contributed by atoms with van der Waals surface area (Å²) < 4.78 is 7.60. The van der Waals surface area contributed by atoms with Crippen LogP contribution in [0.25, 0.3) is 11.0 Å². The van der Waals surface area contributed by atoms with Crippen LogP contribution in [0.5, 0.6) is 0 Å². The zero-order valence-electron chi connectivity index (χ0n) is 11.1. The van der Waals surface area contributed by atoms with Crippen molar-refractivity contribution in [2.45, 2.75) is 52.0 Å². The molecule has 1 aliphatic rings. The Morgan fingerprint density at radius 3 is 2.83 bits per heavy atom. The van der Waals surface area contributed by atoms with E-state index in [0.717, 1.165) is 17.6 Å². The molecule has 18 heavy (non-hydrogen) atoms. The fourth-order valence-corrected chi connectivity index (χ4v) is 3.01. The highest BCUT2D eigenvalue weighted by Crippen LogP contribution is 2.36. The average Bonchev–Trinajstić information content (AvgIpc) is 2.97. The highest BCUT2D eigenvalue weighted by atomic mass is 16.3. The van der Waals surface area contributed by atoms with Crippen molar-refractivity contribution in [2.75, 3.05) is 5.73 Å². The van der Waals surface area contributed by atoms with Gasteiger partial charge in [-0.25, -0.2) is 4.98 Å². The molecule has 0 amide bonds. The Kier molecular flexibility index (Phi) is 2.80. The first-order valence-electron chi connectivity index (χ1n) is 6.90. The number of nitrogens with two attached hydrogens (primary N) is 1. The van der Waals surface area contributed by atoms with Crippen LogP contribution in [0.2, 0.25) is 0 Å². The second kappa shape index (κ2) is 4.34. The van der Waals surface area contributed by atoms with E-state index in [1.807, 2.05) is 0 Å². The van der Waals surface area contributed by atoms with Gasteiger partial charge in [0.05, 0.1) is 0 Å². The molecular weight excluding hydrogens is 226 g/mol. The van der Waals surface area contributed by atoms with Crippen LogP contribution in [-0.4, -0.2) is 9.55 Å². The summed E-state index contributed by atoms with van der Waals surface area (Å²) in [6.45, 7) is 5.45. The van der Waals surface area contributed by atoms with Crippen molar-refractivity contribution in [1.82, 2.24) is 9.55 Å². The molecule has 1 saturated carbocycles. The van der Waals surface area contributed by atoms with Crippen LogP contribution in [0.3, 0.4) is 0 Å². The van der Waals surface area contributed by atoms with Gasteiger partial charge in [-0.05, 0) is 18.8 Å². The van der Waals surface area contributed by atoms with E-state index in [1.54, 1.807) is 6.26 Å². The van der Waals surface area contributed by atoms with Crippen LogP contribution in [0.4, 0.5) is 5.88 Å². The number of rotatable bonds is 3. The van der Waals surface area contributed by atoms with Gasteiger partial charge in [0.2, 0.25) is 5.88 Å². The zero-order chi connectivity index (χ0) is 12.7. The van der Waals surface area contributed by atoms with Crippen molar-refractivity contribution < 1.29 is 4.42 Å². The average molecular weight is 247 g/mol. The molecule has 0 unspecified atom stereocenters. The molecule has 3 rings (SSSR count). The predicted octanol–water partition coefficient (Wildman–Crippen LogP) is 3.53. The first kappa shape index (κ1) is 11.6. The van der Waals surface area contributed by atoms with Crippen LogP contribution in [0, 0.1) is 5.92 Å². The summed E-state index contributed by atoms with van der Waals surface area (Å²) in [5.41, 5.74) is 7.75. The van der Waals surface area contributed by atoms with Crippen LogP contribution in [0.1, 0.15) is 51.3 Å². The van der Waals surface area contributed by atoms with Crippen molar-refractivity contribution in [3.63, 3.8) is 0 Å². The molecule has 2 aromatic heterocycles. The highest BCUT2D eigenvalue weighted by Gasteiger charge is 2.25. The molecule has 0 radical (unpaired) electrons. The van der Waals surface area contributed by atoms with Crippen molar-refractivity contribution in [3.05, 3.63) is 12.1 Å². The Morgan fingerprint density at radius 2 is 2.17 bits per heavy atom. The van der Waals surface area contributed by atoms with E-state index in [0.29, 0.717) is 17.7 Å². The first-order valence-corrected chi connectivity index (χ1v) is 6.90. The van der Waals surface area contributed by atoms with Crippen LogP contribution in [-0.2, 0) is 6.54 Å². The summed E-state index contributed by atoms with van der Waals surface area (Å²) in [5.74, 6) is 2.87. The number of nitrogen functional groups attached to an aromatic ring is 1. The van der Waals surface area contributed by atoms with Gasteiger partial charge in [0.25, 0.3) is 0 Å². The van der Waals surface area contributed by atoms with Gasteiger partial charge in [0.1, 0.15) is 17.6 Å². The lowest BCUT2D eigenvalue weighted by atomic mass is 10.1. The number of hydrogen-bond acceptors (Lipinski definition) is 3. The number of hydrogen-bond donors (Lipinski definition) is 1. The van der Waals surface area contributed by atoms with E-state index in [4.69, 9.17) is 15.1 Å². The highest BCUT2D eigenvalue weighted by molar-refractivity contribution is 5.84. The number of aromatic nitrogens is 2. The Bertz CT molecular complexity index is 547. The van der Waals surface area contributed by atoms with E-state index in [2.05, 4.69) is 18.4 Å². The maximum absolute atomic E-state index is 5.85. The van der Waals surface area contributed by atoms with Gasteiger partial charge in [-0.3, -0.25) is 0 Å². The van der Waals surface area contributed by atoms with Gasteiger partial charge >= 0.3 is 0 Å². The van der Waals surface area contributed by atoms with Gasteiger partial charge in [-0.1, -0.05) is 26.7 Å². The molecule has 2 aromatic rings. The minimum absolute atomic E-state index is 0.451. The van der Waals surface area contributed by atoms with Gasteiger partial charge < -0.3 is 14.7 Å². The fraction of sp³-hybridized carbons (Fsp3) is 0.643. The zero-order valence-corrected chi connectivity index (χ0v) is 11.1. The van der Waals surface area contributed by atoms with Gasteiger partial charge in [0, 0.05) is 12.5 Å². The van der Waals surface area contributed by atoms with Gasteiger partial charge in [0.15, 0.2) is 5.52 Å². The van der Waals surface area contributed by atoms with Crippen LogP contribution < -0.4 is 5.73 Å². The normalized spacial score (nSPS) is 17.3. The first-order chi connectivity index (χ1) is 8.66. The largest absolute Gasteiger partial charge is 0.445 e. The van der Waals surface area contributed by atoms with Crippen molar-refractivity contribution in [3.8, 4) is 0 Å². The summed E-state index contributed by atoms with van der Waals surface area (Å²) in [5, 5.41) is 0. The Balaban J connectivity index is 2.09. The fourth-order valence-electron chi connectivity index (χ4n) is 3.01. The van der Waals surface area contributed by atoms with E-state index >= 15 is 0 Å². The molecule has 0 bridgehead atoms. The van der Waals surface area contributed by atoms with Crippen LogP contribution in [0.15, 0.2) is 10.7 Å².